The number of amides is 2. The van der Waals surface area contributed by atoms with Crippen LogP contribution in [0.1, 0.15) is 53.6 Å². The zero-order chi connectivity index (χ0) is 28.9. The van der Waals surface area contributed by atoms with Crippen LogP contribution in [0.5, 0.6) is 0 Å². The smallest absolute Gasteiger partial charge is 0.349 e. The maximum absolute atomic E-state index is 13.7. The average Bonchev–Trinajstić information content (AvgIpc) is 2.98. The van der Waals surface area contributed by atoms with E-state index in [-0.39, 0.29) is 11.9 Å². The number of nitrogens with one attached hydrogen (secondary N) is 2. The molecule has 5 nitrogen and oxygen atoms in total. The van der Waals surface area contributed by atoms with E-state index in [4.69, 9.17) is 0 Å². The molecule has 3 aromatic carbocycles. The number of hydrogen-bond acceptors (Lipinski definition) is 4. The first-order chi connectivity index (χ1) is 19.8. The number of carbonyl (C=O) groups excluding carboxylic acids is 2. The number of halogens is 3. The lowest BCUT2D eigenvalue weighted by Crippen LogP contribution is -2.49. The van der Waals surface area contributed by atoms with Crippen molar-refractivity contribution >= 4 is 23.6 Å². The normalized spacial score (nSPS) is 16.9. The van der Waals surface area contributed by atoms with E-state index in [1.165, 1.54) is 0 Å². The fourth-order valence-corrected chi connectivity index (χ4v) is 7.16. The zero-order valence-electron chi connectivity index (χ0n) is 22.8. The van der Waals surface area contributed by atoms with Gasteiger partial charge in [-0.25, -0.2) is 0 Å². The fourth-order valence-electron chi connectivity index (χ4n) is 5.92. The van der Waals surface area contributed by atoms with Crippen molar-refractivity contribution in [3.63, 3.8) is 0 Å². The molecule has 216 valence electrons. The first-order valence-corrected chi connectivity index (χ1v) is 14.9. The molecule has 2 heterocycles. The van der Waals surface area contributed by atoms with Crippen molar-refractivity contribution in [1.82, 2.24) is 15.5 Å². The Bertz CT molecular complexity index is 1310. The SMILES string of the molecule is O=C(NC1CCN(CCCCC2(C(=O)NCC(F)(F)F)c3ccccc3Sc3ccccc32)CC1)c1ccccc1. The number of nitrogens with zero attached hydrogens (tertiary/aromatic N) is 1. The summed E-state index contributed by atoms with van der Waals surface area (Å²) >= 11 is 1.55. The van der Waals surface area contributed by atoms with Crippen molar-refractivity contribution in [2.24, 2.45) is 0 Å². The molecular weight excluding hydrogens is 547 g/mol. The van der Waals surface area contributed by atoms with Gasteiger partial charge >= 0.3 is 6.18 Å². The van der Waals surface area contributed by atoms with Gasteiger partial charge in [-0.2, -0.15) is 13.2 Å². The molecule has 0 spiro atoms. The van der Waals surface area contributed by atoms with E-state index in [2.05, 4.69) is 15.5 Å². The van der Waals surface area contributed by atoms with E-state index in [0.29, 0.717) is 18.4 Å². The molecule has 0 radical (unpaired) electrons. The van der Waals surface area contributed by atoms with Crippen LogP contribution in [-0.4, -0.2) is 55.1 Å². The summed E-state index contributed by atoms with van der Waals surface area (Å²) in [4.78, 5) is 30.4. The van der Waals surface area contributed by atoms with Crippen molar-refractivity contribution in [3.8, 4) is 0 Å². The number of unbranched alkanes of at least 4 members (excludes halogenated alkanes) is 1. The molecule has 2 N–H and O–H groups in total. The van der Waals surface area contributed by atoms with Gasteiger partial charge in [0.1, 0.15) is 12.0 Å². The Labute approximate surface area is 242 Å². The van der Waals surface area contributed by atoms with Gasteiger partial charge in [-0.1, -0.05) is 72.8 Å². The molecule has 0 aliphatic carbocycles. The summed E-state index contributed by atoms with van der Waals surface area (Å²) in [6.45, 7) is 1.19. The number of hydrogen-bond donors (Lipinski definition) is 2. The van der Waals surface area contributed by atoms with Crippen LogP contribution in [0.15, 0.2) is 88.7 Å². The van der Waals surface area contributed by atoms with E-state index in [1.807, 2.05) is 78.9 Å². The molecule has 0 saturated carbocycles. The second-order valence-corrected chi connectivity index (χ2v) is 11.8. The molecule has 3 aromatic rings. The van der Waals surface area contributed by atoms with E-state index in [1.54, 1.807) is 11.8 Å². The highest BCUT2D eigenvalue weighted by molar-refractivity contribution is 7.99. The average molecular weight is 582 g/mol. The molecule has 2 aliphatic heterocycles. The van der Waals surface area contributed by atoms with Gasteiger partial charge in [0.05, 0.1) is 0 Å². The Balaban J connectivity index is 1.23. The van der Waals surface area contributed by atoms with Gasteiger partial charge in [0.25, 0.3) is 5.91 Å². The lowest BCUT2D eigenvalue weighted by molar-refractivity contribution is -0.141. The van der Waals surface area contributed by atoms with Crippen molar-refractivity contribution in [1.29, 1.82) is 0 Å². The summed E-state index contributed by atoms with van der Waals surface area (Å²) in [6, 6.07) is 24.4. The number of likely N-dealkylation sites (tertiary alicyclic amines) is 1. The van der Waals surface area contributed by atoms with Crippen molar-refractivity contribution in [2.45, 2.75) is 59.5 Å². The second-order valence-electron chi connectivity index (χ2n) is 10.7. The highest BCUT2D eigenvalue weighted by atomic mass is 32.2. The Kier molecular flexibility index (Phi) is 9.04. The molecule has 0 unspecified atom stereocenters. The van der Waals surface area contributed by atoms with E-state index >= 15 is 0 Å². The predicted octanol–water partition coefficient (Wildman–Crippen LogP) is 6.18. The maximum atomic E-state index is 13.7. The molecule has 0 aromatic heterocycles. The lowest BCUT2D eigenvalue weighted by atomic mass is 9.69. The molecule has 9 heteroatoms. The van der Waals surface area contributed by atoms with Gasteiger partial charge in [-0.3, -0.25) is 9.59 Å². The summed E-state index contributed by atoms with van der Waals surface area (Å²) in [5.41, 5.74) is 0.988. The Morgan fingerprint density at radius 1 is 0.854 bits per heavy atom. The van der Waals surface area contributed by atoms with Crippen LogP contribution in [0.2, 0.25) is 0 Å². The highest BCUT2D eigenvalue weighted by Crippen LogP contribution is 2.51. The molecule has 2 amide bonds. The van der Waals surface area contributed by atoms with Gasteiger partial charge in [0, 0.05) is 34.5 Å². The summed E-state index contributed by atoms with van der Waals surface area (Å²) in [5, 5.41) is 5.35. The quantitative estimate of drug-likeness (QED) is 0.296. The number of carbonyl (C=O) groups is 2. The van der Waals surface area contributed by atoms with Crippen LogP contribution >= 0.6 is 11.8 Å². The second kappa shape index (κ2) is 12.7. The van der Waals surface area contributed by atoms with Crippen LogP contribution in [0, 0.1) is 0 Å². The number of piperidine rings is 1. The minimum atomic E-state index is -4.49. The minimum absolute atomic E-state index is 0.0515. The molecule has 1 fully saturated rings. The monoisotopic (exact) mass is 581 g/mol. The van der Waals surface area contributed by atoms with Gasteiger partial charge in [-0.05, 0) is 67.6 Å². The van der Waals surface area contributed by atoms with Gasteiger partial charge in [0.15, 0.2) is 0 Å². The molecule has 41 heavy (non-hydrogen) atoms. The minimum Gasteiger partial charge on any atom is -0.349 e. The maximum Gasteiger partial charge on any atom is 0.405 e. The van der Waals surface area contributed by atoms with Crippen LogP contribution < -0.4 is 10.6 Å². The molecule has 1 saturated heterocycles. The molecule has 2 aliphatic rings. The van der Waals surface area contributed by atoms with Crippen LogP contribution in [0.4, 0.5) is 13.2 Å². The third-order valence-electron chi connectivity index (χ3n) is 7.99. The van der Waals surface area contributed by atoms with E-state index < -0.39 is 24.0 Å². The van der Waals surface area contributed by atoms with Crippen LogP contribution in [0.25, 0.3) is 0 Å². The molecule has 0 atom stereocenters. The number of rotatable bonds is 9. The van der Waals surface area contributed by atoms with Crippen molar-refractivity contribution in [2.75, 3.05) is 26.2 Å². The van der Waals surface area contributed by atoms with Gasteiger partial charge in [-0.15, -0.1) is 0 Å². The molecule has 5 rings (SSSR count). The van der Waals surface area contributed by atoms with E-state index in [9.17, 15) is 22.8 Å². The van der Waals surface area contributed by atoms with Gasteiger partial charge < -0.3 is 15.5 Å². The first-order valence-electron chi connectivity index (χ1n) is 14.1. The van der Waals surface area contributed by atoms with Gasteiger partial charge in [0.2, 0.25) is 5.91 Å². The Morgan fingerprint density at radius 3 is 2.05 bits per heavy atom. The number of benzene rings is 3. The van der Waals surface area contributed by atoms with Crippen molar-refractivity contribution < 1.29 is 22.8 Å². The topological polar surface area (TPSA) is 61.4 Å². The van der Waals surface area contributed by atoms with E-state index in [0.717, 1.165) is 59.8 Å². The number of fused-ring (bicyclic) bond motifs is 2. The fraction of sp³-hybridized carbons (Fsp3) is 0.375. The first kappa shape index (κ1) is 29.2. The third kappa shape index (κ3) is 6.79. The summed E-state index contributed by atoms with van der Waals surface area (Å²) in [5.74, 6) is -0.658. The third-order valence-corrected chi connectivity index (χ3v) is 9.14. The summed E-state index contributed by atoms with van der Waals surface area (Å²) < 4.78 is 39.4. The lowest BCUT2D eigenvalue weighted by Gasteiger charge is -2.39. The predicted molar refractivity (Wildman–Crippen MR) is 154 cm³/mol. The highest BCUT2D eigenvalue weighted by Gasteiger charge is 2.47. The van der Waals surface area contributed by atoms with Crippen LogP contribution in [-0.2, 0) is 10.2 Å². The number of alkyl halides is 3. The standard InChI is InChI=1S/C32H34F3N3O2S/c33-32(34,35)22-36-30(40)31(25-12-4-6-14-27(25)41-28-15-7-5-13-26(28)31)18-8-9-19-38-20-16-24(17-21-38)37-29(39)23-10-2-1-3-11-23/h1-7,10-15,24H,8-9,16-22H2,(H,36,40)(H,37,39). The molecular formula is C32H34F3N3O2S. The zero-order valence-corrected chi connectivity index (χ0v) is 23.6. The van der Waals surface area contributed by atoms with Crippen molar-refractivity contribution in [3.05, 3.63) is 95.6 Å². The summed E-state index contributed by atoms with van der Waals surface area (Å²) in [6.07, 6.45) is -0.869. The largest absolute Gasteiger partial charge is 0.405 e. The Hall–Kier alpha value is -3.30. The Morgan fingerprint density at radius 2 is 1.44 bits per heavy atom. The molecule has 0 bridgehead atoms. The van der Waals surface area contributed by atoms with Crippen LogP contribution in [0.3, 0.4) is 0 Å². The summed E-state index contributed by atoms with van der Waals surface area (Å²) in [7, 11) is 0.